The molecule has 0 bridgehead atoms. The first-order valence-electron chi connectivity index (χ1n) is 3.52. The van der Waals surface area contributed by atoms with Crippen LogP contribution in [-0.2, 0) is 0 Å². The normalized spacial score (nSPS) is 12.7. The third-order valence-corrected chi connectivity index (χ3v) is 1.53. The number of aliphatic imine (C=N–C) groups is 2. The maximum Gasteiger partial charge on any atom is 0.143 e. The van der Waals surface area contributed by atoms with Gasteiger partial charge < -0.3 is 5.11 Å². The maximum absolute atomic E-state index is 9.37. The van der Waals surface area contributed by atoms with E-state index < -0.39 is 0 Å². The van der Waals surface area contributed by atoms with Crippen molar-refractivity contribution < 1.29 is 5.11 Å². The lowest BCUT2D eigenvalue weighted by Gasteiger charge is -1.99. The highest BCUT2D eigenvalue weighted by Crippen LogP contribution is 2.36. The number of phenolic OH excluding ortho intramolecular Hbond substituents is 1. The van der Waals surface area contributed by atoms with E-state index in [1.54, 1.807) is 30.5 Å². The van der Waals surface area contributed by atoms with Crippen LogP contribution in [0.1, 0.15) is 0 Å². The molecule has 12 heavy (non-hydrogen) atoms. The number of benzene rings is 1. The van der Waals surface area contributed by atoms with Crippen LogP contribution in [0.3, 0.4) is 0 Å². The standard InChI is InChI=1S/C9H6N2O/c12-8-4-1-3-7-9(8)11-6-2-5-10-7/h1-4,6,12H. The van der Waals surface area contributed by atoms with Crippen molar-refractivity contribution in [1.82, 2.24) is 0 Å². The van der Waals surface area contributed by atoms with Crippen LogP contribution in [0, 0.1) is 0 Å². The number of aromatic hydroxyl groups is 1. The molecule has 0 atom stereocenters. The minimum absolute atomic E-state index is 0.143. The highest BCUT2D eigenvalue weighted by Gasteiger charge is 2.04. The summed E-state index contributed by atoms with van der Waals surface area (Å²) in [4.78, 5) is 7.96. The summed E-state index contributed by atoms with van der Waals surface area (Å²) in [7, 11) is 0. The topological polar surface area (TPSA) is 45.0 Å². The van der Waals surface area contributed by atoms with Crippen molar-refractivity contribution in [3.63, 3.8) is 0 Å². The molecule has 0 amide bonds. The lowest BCUT2D eigenvalue weighted by Crippen LogP contribution is -1.69. The Labute approximate surface area is 69.4 Å². The first-order valence-corrected chi connectivity index (χ1v) is 3.52. The molecule has 0 aromatic heterocycles. The molecule has 3 nitrogen and oxygen atoms in total. The van der Waals surface area contributed by atoms with Gasteiger partial charge in [0, 0.05) is 12.3 Å². The fourth-order valence-corrected chi connectivity index (χ4v) is 0.994. The molecule has 1 aromatic carbocycles. The molecule has 0 radical (unpaired) electrons. The molecule has 1 aromatic rings. The summed E-state index contributed by atoms with van der Waals surface area (Å²) in [5.41, 5.74) is 1.14. The van der Waals surface area contributed by atoms with Crippen LogP contribution < -0.4 is 0 Å². The van der Waals surface area contributed by atoms with Crippen molar-refractivity contribution >= 4 is 23.5 Å². The van der Waals surface area contributed by atoms with E-state index in [0.717, 1.165) is 0 Å². The molecule has 0 saturated heterocycles. The average Bonchev–Trinajstić information content (AvgIpc) is 2.30. The van der Waals surface area contributed by atoms with Crippen LogP contribution in [-0.4, -0.2) is 17.2 Å². The van der Waals surface area contributed by atoms with Crippen molar-refractivity contribution in [2.24, 2.45) is 9.98 Å². The molecule has 1 aliphatic rings. The number of hydrogen-bond donors (Lipinski definition) is 1. The molecule has 58 valence electrons. The molecule has 1 N–H and O–H groups in total. The molecule has 2 rings (SSSR count). The Morgan fingerprint density at radius 3 is 3.17 bits per heavy atom. The van der Waals surface area contributed by atoms with E-state index in [-0.39, 0.29) is 5.75 Å². The third kappa shape index (κ3) is 1.02. The Morgan fingerprint density at radius 2 is 2.25 bits per heavy atom. The monoisotopic (exact) mass is 158 g/mol. The predicted molar refractivity (Wildman–Crippen MR) is 47.9 cm³/mol. The van der Waals surface area contributed by atoms with E-state index in [0.29, 0.717) is 11.4 Å². The fourth-order valence-electron chi connectivity index (χ4n) is 0.994. The predicted octanol–water partition coefficient (Wildman–Crippen LogP) is 1.97. The van der Waals surface area contributed by atoms with Crippen molar-refractivity contribution in [3.8, 4) is 5.75 Å². The summed E-state index contributed by atoms with van der Waals surface area (Å²) >= 11 is 0. The van der Waals surface area contributed by atoms with Gasteiger partial charge in [-0.25, -0.2) is 9.98 Å². The Hall–Kier alpha value is -1.86. The Bertz CT molecular complexity index is 401. The lowest BCUT2D eigenvalue weighted by atomic mass is 10.2. The number of phenols is 1. The van der Waals surface area contributed by atoms with E-state index in [2.05, 4.69) is 15.9 Å². The molecule has 1 heterocycles. The SMILES string of the molecule is Oc1cccc2c1N=CC=C=N2. The van der Waals surface area contributed by atoms with E-state index in [4.69, 9.17) is 0 Å². The Morgan fingerprint density at radius 1 is 1.33 bits per heavy atom. The van der Waals surface area contributed by atoms with Crippen molar-refractivity contribution in [3.05, 3.63) is 24.3 Å². The quantitative estimate of drug-likeness (QED) is 0.616. The van der Waals surface area contributed by atoms with Gasteiger partial charge in [-0.05, 0) is 18.0 Å². The van der Waals surface area contributed by atoms with Gasteiger partial charge in [0.25, 0.3) is 0 Å². The van der Waals surface area contributed by atoms with Gasteiger partial charge in [0.1, 0.15) is 17.1 Å². The van der Waals surface area contributed by atoms with E-state index in [9.17, 15) is 5.11 Å². The number of nitrogens with zero attached hydrogens (tertiary/aromatic N) is 2. The van der Waals surface area contributed by atoms with Gasteiger partial charge in [-0.2, -0.15) is 0 Å². The molecule has 1 aliphatic heterocycles. The third-order valence-electron chi connectivity index (χ3n) is 1.53. The van der Waals surface area contributed by atoms with Crippen LogP contribution in [0.25, 0.3) is 0 Å². The largest absolute Gasteiger partial charge is 0.506 e. The van der Waals surface area contributed by atoms with Crippen molar-refractivity contribution in [2.75, 3.05) is 0 Å². The van der Waals surface area contributed by atoms with Gasteiger partial charge in [-0.3, -0.25) is 0 Å². The van der Waals surface area contributed by atoms with Gasteiger partial charge in [0.2, 0.25) is 0 Å². The molecule has 3 heteroatoms. The number of para-hydroxylation sites is 1. The lowest BCUT2D eigenvalue weighted by molar-refractivity contribution is 0.477. The van der Waals surface area contributed by atoms with E-state index in [1.165, 1.54) is 0 Å². The van der Waals surface area contributed by atoms with E-state index in [1.807, 2.05) is 0 Å². The zero-order valence-corrected chi connectivity index (χ0v) is 6.23. The smallest absolute Gasteiger partial charge is 0.143 e. The van der Waals surface area contributed by atoms with Crippen molar-refractivity contribution in [1.29, 1.82) is 0 Å². The first kappa shape index (κ1) is 6.83. The summed E-state index contributed by atoms with van der Waals surface area (Å²) in [6.07, 6.45) is 3.15. The summed E-state index contributed by atoms with van der Waals surface area (Å²) in [5.74, 6) is 2.81. The highest BCUT2D eigenvalue weighted by molar-refractivity contribution is 5.90. The maximum atomic E-state index is 9.37. The highest BCUT2D eigenvalue weighted by atomic mass is 16.3. The van der Waals surface area contributed by atoms with Gasteiger partial charge >= 0.3 is 0 Å². The molecule has 0 spiro atoms. The summed E-state index contributed by atoms with van der Waals surface area (Å²) in [6.45, 7) is 0. The van der Waals surface area contributed by atoms with Gasteiger partial charge in [-0.15, -0.1) is 0 Å². The van der Waals surface area contributed by atoms with Crippen LogP contribution >= 0.6 is 0 Å². The summed E-state index contributed by atoms with van der Waals surface area (Å²) < 4.78 is 0. The molecule has 0 unspecified atom stereocenters. The molecule has 0 saturated carbocycles. The zero-order valence-electron chi connectivity index (χ0n) is 6.23. The van der Waals surface area contributed by atoms with Crippen molar-refractivity contribution in [2.45, 2.75) is 0 Å². The molecular formula is C9H6N2O. The van der Waals surface area contributed by atoms with Gasteiger partial charge in [0.15, 0.2) is 0 Å². The van der Waals surface area contributed by atoms with Gasteiger partial charge in [-0.1, -0.05) is 6.07 Å². The zero-order chi connectivity index (χ0) is 8.39. The first-order chi connectivity index (χ1) is 5.88. The van der Waals surface area contributed by atoms with Crippen LogP contribution in [0.15, 0.2) is 34.3 Å². The Balaban J connectivity index is 2.72. The van der Waals surface area contributed by atoms with E-state index >= 15 is 0 Å². The van der Waals surface area contributed by atoms with Crippen LogP contribution in [0.2, 0.25) is 0 Å². The number of hydrogen-bond acceptors (Lipinski definition) is 3. The second-order valence-corrected chi connectivity index (χ2v) is 2.33. The Kier molecular flexibility index (Phi) is 1.50. The second-order valence-electron chi connectivity index (χ2n) is 2.33. The minimum atomic E-state index is 0.143. The van der Waals surface area contributed by atoms with Crippen LogP contribution in [0.4, 0.5) is 11.4 Å². The molecule has 0 fully saturated rings. The van der Waals surface area contributed by atoms with Gasteiger partial charge in [0.05, 0.1) is 0 Å². The summed E-state index contributed by atoms with van der Waals surface area (Å²) in [5, 5.41) is 9.37. The second kappa shape index (κ2) is 2.64. The number of allylic oxidation sites excluding steroid dienone is 1. The molecular weight excluding hydrogens is 152 g/mol. The van der Waals surface area contributed by atoms with Crippen LogP contribution in [0.5, 0.6) is 5.75 Å². The summed E-state index contributed by atoms with van der Waals surface area (Å²) in [6, 6.07) is 5.08. The minimum Gasteiger partial charge on any atom is -0.506 e. The number of rotatable bonds is 0. The fraction of sp³-hybridized carbons (Fsp3) is 0. The number of fused-ring (bicyclic) bond motifs is 1. The molecule has 0 aliphatic carbocycles. The average molecular weight is 158 g/mol.